The number of hydrogen-bond acceptors (Lipinski definition) is 2. The van der Waals surface area contributed by atoms with Crippen molar-refractivity contribution >= 4 is 8.32 Å². The van der Waals surface area contributed by atoms with Gasteiger partial charge in [0.2, 0.25) is 0 Å². The van der Waals surface area contributed by atoms with Crippen molar-refractivity contribution < 1.29 is 9.16 Å². The number of hydrogen-bond donors (Lipinski definition) is 0. The summed E-state index contributed by atoms with van der Waals surface area (Å²) in [6.45, 7) is 12.2. The van der Waals surface area contributed by atoms with Crippen LogP contribution in [-0.2, 0) is 15.6 Å². The molecule has 3 heteroatoms. The second-order valence-corrected chi connectivity index (χ2v) is 13.0. The van der Waals surface area contributed by atoms with E-state index in [0.29, 0.717) is 5.92 Å². The molecule has 2 rings (SSSR count). The molecular weight excluding hydrogens is 300 g/mol. The van der Waals surface area contributed by atoms with E-state index in [4.69, 9.17) is 9.16 Å². The Bertz CT molecular complexity index is 502. The third kappa shape index (κ3) is 5.50. The van der Waals surface area contributed by atoms with Crippen LogP contribution in [0.15, 0.2) is 42.7 Å². The van der Waals surface area contributed by atoms with E-state index in [1.165, 1.54) is 12.0 Å². The summed E-state index contributed by atoms with van der Waals surface area (Å²) in [5, 5.41) is 0.254. The monoisotopic (exact) mass is 332 g/mol. The van der Waals surface area contributed by atoms with Gasteiger partial charge in [-0.05, 0) is 55.0 Å². The summed E-state index contributed by atoms with van der Waals surface area (Å²) in [5.74, 6) is 0.594. The van der Waals surface area contributed by atoms with Gasteiger partial charge in [0.1, 0.15) is 6.10 Å². The van der Waals surface area contributed by atoms with Gasteiger partial charge in [-0.1, -0.05) is 51.1 Å². The topological polar surface area (TPSA) is 18.5 Å². The molecule has 1 aliphatic rings. The molecule has 2 nitrogen and oxygen atoms in total. The third-order valence-corrected chi connectivity index (χ3v) is 9.77. The predicted molar refractivity (Wildman–Crippen MR) is 100 cm³/mol. The zero-order valence-electron chi connectivity index (χ0n) is 15.3. The standard InChI is InChI=1S/C20H32O2Si/c1-20(2,3)23(4,5)22-16-19-15-18(13-14-21-19)12-11-17-9-7-6-8-10-17/h6-10,13-14,18-19H,11-12,15-16H2,1-5H3/t18-,19+/m1/s1. The number of ether oxygens (including phenoxy) is 1. The van der Waals surface area contributed by atoms with Gasteiger partial charge >= 0.3 is 0 Å². The maximum atomic E-state index is 6.32. The van der Waals surface area contributed by atoms with Gasteiger partial charge in [-0.25, -0.2) is 0 Å². The molecule has 0 saturated carbocycles. The Morgan fingerprint density at radius 3 is 2.52 bits per heavy atom. The van der Waals surface area contributed by atoms with Crippen molar-refractivity contribution in [3.63, 3.8) is 0 Å². The molecule has 0 aliphatic carbocycles. The molecule has 1 aliphatic heterocycles. The Balaban J connectivity index is 1.80. The molecule has 0 N–H and O–H groups in total. The minimum Gasteiger partial charge on any atom is -0.496 e. The lowest BCUT2D eigenvalue weighted by Gasteiger charge is -2.37. The number of benzene rings is 1. The summed E-state index contributed by atoms with van der Waals surface area (Å²) in [6.07, 6.45) is 7.68. The van der Waals surface area contributed by atoms with Crippen molar-refractivity contribution in [2.24, 2.45) is 5.92 Å². The van der Waals surface area contributed by atoms with Crippen LogP contribution in [0.2, 0.25) is 18.1 Å². The van der Waals surface area contributed by atoms with E-state index in [0.717, 1.165) is 19.4 Å². The lowest BCUT2D eigenvalue weighted by molar-refractivity contribution is 0.0536. The van der Waals surface area contributed by atoms with Crippen molar-refractivity contribution in [2.75, 3.05) is 6.61 Å². The SMILES string of the molecule is CC(C)(C)[Si](C)(C)OC[C@@H]1C[C@H](CCc2ccccc2)C=CO1. The molecule has 1 aromatic rings. The van der Waals surface area contributed by atoms with Crippen LogP contribution in [0, 0.1) is 5.92 Å². The smallest absolute Gasteiger partial charge is 0.192 e. The summed E-state index contributed by atoms with van der Waals surface area (Å²) >= 11 is 0. The molecule has 128 valence electrons. The van der Waals surface area contributed by atoms with Crippen molar-refractivity contribution in [3.05, 3.63) is 48.2 Å². The summed E-state index contributed by atoms with van der Waals surface area (Å²) in [6, 6.07) is 10.7. The van der Waals surface area contributed by atoms with Crippen LogP contribution in [0.4, 0.5) is 0 Å². The average molecular weight is 333 g/mol. The van der Waals surface area contributed by atoms with E-state index < -0.39 is 8.32 Å². The van der Waals surface area contributed by atoms with Crippen LogP contribution in [0.25, 0.3) is 0 Å². The molecule has 1 heterocycles. The van der Waals surface area contributed by atoms with E-state index in [-0.39, 0.29) is 11.1 Å². The highest BCUT2D eigenvalue weighted by Crippen LogP contribution is 2.37. The lowest BCUT2D eigenvalue weighted by atomic mass is 9.93. The van der Waals surface area contributed by atoms with Crippen molar-refractivity contribution in [2.45, 2.75) is 64.3 Å². The fourth-order valence-electron chi connectivity index (χ4n) is 2.58. The first kappa shape index (κ1) is 18.3. The Morgan fingerprint density at radius 2 is 1.87 bits per heavy atom. The molecule has 1 aromatic carbocycles. The van der Waals surface area contributed by atoms with Crippen molar-refractivity contribution in [3.8, 4) is 0 Å². The second-order valence-electron chi connectivity index (χ2n) is 8.18. The maximum Gasteiger partial charge on any atom is 0.192 e. The van der Waals surface area contributed by atoms with E-state index in [9.17, 15) is 0 Å². The maximum absolute atomic E-state index is 6.32. The summed E-state index contributed by atoms with van der Waals surface area (Å²) < 4.78 is 12.1. The number of allylic oxidation sites excluding steroid dienone is 1. The highest BCUT2D eigenvalue weighted by Gasteiger charge is 2.38. The summed E-state index contributed by atoms with van der Waals surface area (Å²) in [7, 11) is -1.69. The quantitative estimate of drug-likeness (QED) is 0.635. The van der Waals surface area contributed by atoms with Crippen molar-refractivity contribution in [1.29, 1.82) is 0 Å². The van der Waals surface area contributed by atoms with Crippen LogP contribution in [0.3, 0.4) is 0 Å². The molecule has 23 heavy (non-hydrogen) atoms. The summed E-state index contributed by atoms with van der Waals surface area (Å²) in [5.41, 5.74) is 1.42. The molecule has 0 radical (unpaired) electrons. The van der Waals surface area contributed by atoms with Crippen LogP contribution >= 0.6 is 0 Å². The fraction of sp³-hybridized carbons (Fsp3) is 0.600. The molecule has 0 saturated heterocycles. The normalized spacial score (nSPS) is 22.0. The number of aryl methyl sites for hydroxylation is 1. The Morgan fingerprint density at radius 1 is 1.17 bits per heavy atom. The van der Waals surface area contributed by atoms with Gasteiger partial charge < -0.3 is 9.16 Å². The Labute approximate surface area is 143 Å². The molecule has 0 amide bonds. The van der Waals surface area contributed by atoms with Gasteiger partial charge in [-0.3, -0.25) is 0 Å². The van der Waals surface area contributed by atoms with Crippen LogP contribution in [-0.4, -0.2) is 21.0 Å². The summed E-state index contributed by atoms with van der Waals surface area (Å²) in [4.78, 5) is 0. The van der Waals surface area contributed by atoms with Gasteiger partial charge in [0.25, 0.3) is 0 Å². The Kier molecular flexibility index (Phi) is 6.10. The van der Waals surface area contributed by atoms with Crippen LogP contribution < -0.4 is 0 Å². The van der Waals surface area contributed by atoms with E-state index in [1.54, 1.807) is 0 Å². The van der Waals surface area contributed by atoms with Crippen LogP contribution in [0.5, 0.6) is 0 Å². The van der Waals surface area contributed by atoms with Gasteiger partial charge in [0.05, 0.1) is 12.9 Å². The van der Waals surface area contributed by atoms with Gasteiger partial charge in [-0.2, -0.15) is 0 Å². The highest BCUT2D eigenvalue weighted by atomic mass is 28.4. The molecule has 0 unspecified atom stereocenters. The third-order valence-electron chi connectivity index (χ3n) is 5.27. The van der Waals surface area contributed by atoms with E-state index in [2.05, 4.69) is 70.3 Å². The van der Waals surface area contributed by atoms with Crippen LogP contribution in [0.1, 0.15) is 39.2 Å². The molecule has 0 aromatic heterocycles. The van der Waals surface area contributed by atoms with Gasteiger partial charge in [-0.15, -0.1) is 0 Å². The van der Waals surface area contributed by atoms with E-state index in [1.807, 2.05) is 6.26 Å². The first-order chi connectivity index (χ1) is 10.8. The molecule has 0 bridgehead atoms. The Hall–Kier alpha value is -1.06. The minimum absolute atomic E-state index is 0.204. The fourth-order valence-corrected chi connectivity index (χ4v) is 3.61. The van der Waals surface area contributed by atoms with Gasteiger partial charge in [0, 0.05) is 0 Å². The van der Waals surface area contributed by atoms with Crippen molar-refractivity contribution in [1.82, 2.24) is 0 Å². The molecule has 0 spiro atoms. The first-order valence-corrected chi connectivity index (χ1v) is 11.7. The molecular formula is C20H32O2Si. The zero-order valence-corrected chi connectivity index (χ0v) is 16.3. The molecule has 0 fully saturated rings. The molecule has 2 atom stereocenters. The lowest BCUT2D eigenvalue weighted by Crippen LogP contribution is -2.43. The second kappa shape index (κ2) is 7.67. The van der Waals surface area contributed by atoms with Gasteiger partial charge in [0.15, 0.2) is 8.32 Å². The predicted octanol–water partition coefficient (Wildman–Crippen LogP) is 5.56. The average Bonchev–Trinajstić information content (AvgIpc) is 2.51. The highest BCUT2D eigenvalue weighted by molar-refractivity contribution is 6.74. The minimum atomic E-state index is -1.69. The largest absolute Gasteiger partial charge is 0.496 e. The zero-order chi connectivity index (χ0) is 16.9. The number of rotatable bonds is 6. The first-order valence-electron chi connectivity index (χ1n) is 8.78. The van der Waals surface area contributed by atoms with E-state index >= 15 is 0 Å².